The third kappa shape index (κ3) is 9.07. The van der Waals surface area contributed by atoms with E-state index in [1.54, 1.807) is 23.3 Å². The Labute approximate surface area is 368 Å². The molecule has 0 amide bonds. The van der Waals surface area contributed by atoms with E-state index in [0.717, 1.165) is 33.2 Å². The average Bonchev–Trinajstić information content (AvgIpc) is 3.98. The Kier molecular flexibility index (Phi) is 13.6. The molecular weight excluding hydrogens is 847 g/mol. The number of halogens is 2. The molecule has 0 aliphatic rings. The summed E-state index contributed by atoms with van der Waals surface area (Å²) in [4.78, 5) is 0. The van der Waals surface area contributed by atoms with Gasteiger partial charge in [-0.15, -0.1) is 56.9 Å². The number of aryl methyl sites for hydroxylation is 4. The summed E-state index contributed by atoms with van der Waals surface area (Å²) in [5.41, 5.74) is 14.8. The second kappa shape index (κ2) is 18.4. The van der Waals surface area contributed by atoms with Crippen LogP contribution in [0.2, 0.25) is 13.1 Å². The second-order valence-corrected chi connectivity index (χ2v) is 24.4. The smallest absolute Gasteiger partial charge is 0.0731 e. The van der Waals surface area contributed by atoms with Crippen LogP contribution in [-0.4, -0.2) is 25.0 Å². The van der Waals surface area contributed by atoms with E-state index in [1.165, 1.54) is 66.1 Å². The van der Waals surface area contributed by atoms with Crippen LogP contribution in [0.3, 0.4) is 0 Å². The Hall–Kier alpha value is -4.84. The second-order valence-electron chi connectivity index (χ2n) is 15.0. The molecule has 4 nitrogen and oxygen atoms in total. The van der Waals surface area contributed by atoms with E-state index >= 15 is 0 Å². The molecule has 0 saturated carbocycles. The summed E-state index contributed by atoms with van der Waals surface area (Å²) in [5, 5.41) is 16.7. The first-order valence-electron chi connectivity index (χ1n) is 19.1. The number of rotatable bonds is 4. The van der Waals surface area contributed by atoms with Crippen LogP contribution in [0.5, 0.6) is 0 Å². The fraction of sp³-hybridized carbons (Fsp3) is 0.120. The minimum atomic E-state index is 0. The van der Waals surface area contributed by atoms with Crippen molar-refractivity contribution in [1.29, 1.82) is 0 Å². The van der Waals surface area contributed by atoms with Crippen LogP contribution >= 0.6 is 0 Å². The summed E-state index contributed by atoms with van der Waals surface area (Å²) in [6, 6.07) is 52.2. The summed E-state index contributed by atoms with van der Waals surface area (Å²) in [6.07, 6.45) is 3.86. The number of hydrogen-bond acceptors (Lipinski definition) is 2. The number of benzene rings is 6. The monoisotopic (exact) mass is 888 g/mol. The summed E-state index contributed by atoms with van der Waals surface area (Å²) < 4.78 is 4.07. The SMILES string of the molecule is C[Si](C)=[Zr+2].Cc1ccc(-c2cc(-n3ncc4ccccc43)cc3[cH-]c(C)cc23)cc1.Cc1ccc(-c2cc(-n3ncc4ccccc43)cc3[cH-]c(C)cc23)cc1.[Cl-].[Cl-]. The molecule has 8 aromatic carbocycles. The maximum Gasteiger partial charge on any atom is 0.0731 e. The van der Waals surface area contributed by atoms with Gasteiger partial charge in [0.25, 0.3) is 0 Å². The van der Waals surface area contributed by atoms with Gasteiger partial charge in [0, 0.05) is 22.1 Å². The van der Waals surface area contributed by atoms with Crippen molar-refractivity contribution >= 4 is 48.8 Å². The van der Waals surface area contributed by atoms with Crippen LogP contribution in [0.25, 0.3) is 77.0 Å². The van der Waals surface area contributed by atoms with Gasteiger partial charge in [-0.05, 0) is 49.2 Å². The van der Waals surface area contributed by atoms with Crippen LogP contribution in [0.4, 0.5) is 0 Å². The van der Waals surface area contributed by atoms with Gasteiger partial charge in [0.2, 0.25) is 0 Å². The molecule has 58 heavy (non-hydrogen) atoms. The van der Waals surface area contributed by atoms with Crippen molar-refractivity contribution in [2.24, 2.45) is 0 Å². The number of para-hydroxylation sites is 2. The average molecular weight is 891 g/mol. The Morgan fingerprint density at radius 2 is 0.862 bits per heavy atom. The van der Waals surface area contributed by atoms with Crippen molar-refractivity contribution in [3.05, 3.63) is 180 Å². The van der Waals surface area contributed by atoms with Gasteiger partial charge in [-0.2, -0.15) is 22.3 Å². The van der Waals surface area contributed by atoms with Gasteiger partial charge in [-0.1, -0.05) is 121 Å². The summed E-state index contributed by atoms with van der Waals surface area (Å²) in [7, 11) is 0. The van der Waals surface area contributed by atoms with Crippen molar-refractivity contribution in [3.8, 4) is 33.6 Å². The molecule has 0 aliphatic heterocycles. The number of fused-ring (bicyclic) bond motifs is 4. The van der Waals surface area contributed by atoms with Crippen LogP contribution in [0.1, 0.15) is 22.3 Å². The fourth-order valence-corrected chi connectivity index (χ4v) is 7.45. The number of aromatic nitrogens is 4. The van der Waals surface area contributed by atoms with Crippen molar-refractivity contribution in [1.82, 2.24) is 19.6 Å². The third-order valence-corrected chi connectivity index (χ3v) is 10.1. The first-order valence-corrected chi connectivity index (χ1v) is 25.2. The van der Waals surface area contributed by atoms with Crippen LogP contribution in [-0.2, 0) is 23.3 Å². The van der Waals surface area contributed by atoms with Gasteiger partial charge in [0.1, 0.15) is 0 Å². The normalized spacial score (nSPS) is 10.8. The van der Waals surface area contributed by atoms with E-state index in [4.69, 9.17) is 0 Å². The molecule has 0 fully saturated rings. The van der Waals surface area contributed by atoms with Gasteiger partial charge >= 0.3 is 41.9 Å². The molecule has 0 N–H and O–H groups in total. The van der Waals surface area contributed by atoms with E-state index in [1.807, 2.05) is 21.8 Å². The Morgan fingerprint density at radius 1 is 0.500 bits per heavy atom. The molecule has 0 radical (unpaired) electrons. The molecule has 10 aromatic rings. The minimum Gasteiger partial charge on any atom is -1.00 e. The first-order chi connectivity index (χ1) is 27.1. The van der Waals surface area contributed by atoms with Crippen LogP contribution < -0.4 is 24.8 Å². The van der Waals surface area contributed by atoms with Gasteiger partial charge in [-0.25, -0.2) is 9.36 Å². The molecule has 2 heterocycles. The van der Waals surface area contributed by atoms with Crippen molar-refractivity contribution < 1.29 is 48.1 Å². The largest absolute Gasteiger partial charge is 1.00 e. The maximum atomic E-state index is 4.64. The van der Waals surface area contributed by atoms with E-state index < -0.39 is 0 Å². The Balaban J connectivity index is 0.000000174. The summed E-state index contributed by atoms with van der Waals surface area (Å²) in [5.74, 6) is 0. The topological polar surface area (TPSA) is 35.6 Å². The minimum absolute atomic E-state index is 0. The molecule has 0 unspecified atom stereocenters. The molecule has 0 saturated heterocycles. The number of hydrogen-bond donors (Lipinski definition) is 0. The van der Waals surface area contributed by atoms with Gasteiger partial charge < -0.3 is 24.8 Å². The maximum absolute atomic E-state index is 4.64. The van der Waals surface area contributed by atoms with E-state index in [9.17, 15) is 0 Å². The summed E-state index contributed by atoms with van der Waals surface area (Å²) in [6.45, 7) is 13.2. The van der Waals surface area contributed by atoms with E-state index in [0.29, 0.717) is 0 Å². The molecule has 0 bridgehead atoms. The molecule has 0 spiro atoms. The zero-order valence-corrected chi connectivity index (χ0v) is 38.5. The first kappa shape index (κ1) is 42.8. The van der Waals surface area contributed by atoms with Crippen molar-refractivity contribution in [2.75, 3.05) is 0 Å². The molecule has 2 aromatic heterocycles. The summed E-state index contributed by atoms with van der Waals surface area (Å²) >= 11 is 1.74. The number of nitrogens with zero attached hydrogens (tertiary/aromatic N) is 4. The fourth-order valence-electron chi connectivity index (χ4n) is 7.45. The predicted octanol–water partition coefficient (Wildman–Crippen LogP) is 7.16. The zero-order valence-electron chi connectivity index (χ0n) is 33.6. The Morgan fingerprint density at radius 3 is 1.24 bits per heavy atom. The van der Waals surface area contributed by atoms with Gasteiger partial charge in [0.15, 0.2) is 0 Å². The third-order valence-electron chi connectivity index (χ3n) is 10.1. The standard InChI is InChI=1S/2C24H19N2.C2H6Si.2ClH.Zr/c2*1-16-7-9-18(10-8-16)23-14-21(13-20-11-17(2)12-22(20)23)26-24-6-4-3-5-19(24)15-25-26;1-3-2;;;/h2*3-15H,1-2H3;1-2H3;2*1H;/q2*-1;;;;+2/p-2. The molecule has 8 heteroatoms. The van der Waals surface area contributed by atoms with Gasteiger partial charge in [0.05, 0.1) is 23.4 Å². The van der Waals surface area contributed by atoms with Crippen LogP contribution in [0, 0.1) is 27.7 Å². The Bertz CT molecular complexity index is 2800. The molecule has 10 rings (SSSR count). The van der Waals surface area contributed by atoms with E-state index in [2.05, 4.69) is 197 Å². The quantitative estimate of drug-likeness (QED) is 0.139. The molecular formula is C50H44Cl2N4SiZr-2. The van der Waals surface area contributed by atoms with Crippen molar-refractivity contribution in [2.45, 2.75) is 40.8 Å². The molecule has 288 valence electrons. The molecule has 0 aliphatic carbocycles. The predicted molar refractivity (Wildman–Crippen MR) is 236 cm³/mol. The zero-order chi connectivity index (χ0) is 38.9. The van der Waals surface area contributed by atoms with Gasteiger partial charge in [-0.3, -0.25) is 0 Å². The molecule has 0 atom stereocenters. The van der Waals surface area contributed by atoms with Crippen LogP contribution in [0.15, 0.2) is 158 Å². The van der Waals surface area contributed by atoms with Crippen molar-refractivity contribution in [3.63, 3.8) is 0 Å². The van der Waals surface area contributed by atoms with E-state index in [-0.39, 0.29) is 30.2 Å².